The maximum absolute atomic E-state index is 11.9. The number of aryl methyl sites for hydroxylation is 1. The van der Waals surface area contributed by atoms with Crippen LogP contribution >= 0.6 is 0 Å². The molecule has 0 radical (unpaired) electrons. The van der Waals surface area contributed by atoms with Gasteiger partial charge in [-0.15, -0.1) is 0 Å². The van der Waals surface area contributed by atoms with Gasteiger partial charge in [0, 0.05) is 0 Å². The number of rotatable bonds is 4. The molecule has 0 aromatic heterocycles. The molecule has 2 aromatic carbocycles. The zero-order valence-corrected chi connectivity index (χ0v) is 12.0. The van der Waals surface area contributed by atoms with Crippen LogP contribution in [0.25, 0.3) is 0 Å². The lowest BCUT2D eigenvalue weighted by Crippen LogP contribution is -2.06. The van der Waals surface area contributed by atoms with Gasteiger partial charge in [0.1, 0.15) is 6.61 Å². The van der Waals surface area contributed by atoms with E-state index < -0.39 is 11.9 Å². The maximum Gasteiger partial charge on any atom is 0.338 e. The lowest BCUT2D eigenvalue weighted by molar-refractivity contribution is 0.0472. The maximum atomic E-state index is 11.9. The first-order valence-corrected chi connectivity index (χ1v) is 6.51. The molecule has 0 bridgehead atoms. The molecule has 21 heavy (non-hydrogen) atoms. The number of ether oxygens (including phenoxy) is 2. The van der Waals surface area contributed by atoms with Gasteiger partial charge in [-0.25, -0.2) is 9.59 Å². The highest BCUT2D eigenvalue weighted by Gasteiger charge is 2.09. The van der Waals surface area contributed by atoms with E-state index in [0.717, 1.165) is 11.1 Å². The molecule has 2 rings (SSSR count). The van der Waals surface area contributed by atoms with E-state index >= 15 is 0 Å². The Balaban J connectivity index is 2.01. The summed E-state index contributed by atoms with van der Waals surface area (Å²) in [6.07, 6.45) is 0. The van der Waals surface area contributed by atoms with Gasteiger partial charge >= 0.3 is 11.9 Å². The van der Waals surface area contributed by atoms with Gasteiger partial charge in [-0.2, -0.15) is 0 Å². The molecule has 0 atom stereocenters. The largest absolute Gasteiger partial charge is 0.465 e. The first-order chi connectivity index (χ1) is 10.1. The molecule has 0 spiro atoms. The molecule has 0 aliphatic rings. The molecule has 0 amide bonds. The predicted molar refractivity (Wildman–Crippen MR) is 78.1 cm³/mol. The topological polar surface area (TPSA) is 52.6 Å². The smallest absolute Gasteiger partial charge is 0.338 e. The monoisotopic (exact) mass is 284 g/mol. The van der Waals surface area contributed by atoms with Gasteiger partial charge in [0.2, 0.25) is 0 Å². The lowest BCUT2D eigenvalue weighted by atomic mass is 10.1. The molecule has 0 saturated carbocycles. The van der Waals surface area contributed by atoms with Gasteiger partial charge < -0.3 is 9.47 Å². The van der Waals surface area contributed by atoms with Gasteiger partial charge in [-0.1, -0.05) is 29.8 Å². The van der Waals surface area contributed by atoms with Crippen LogP contribution in [0.5, 0.6) is 0 Å². The summed E-state index contributed by atoms with van der Waals surface area (Å²) in [6, 6.07) is 14.0. The second kappa shape index (κ2) is 6.70. The Morgan fingerprint density at radius 3 is 2.33 bits per heavy atom. The number of carbonyl (C=O) groups is 2. The molecular weight excluding hydrogens is 268 g/mol. The molecular formula is C17H16O4. The highest BCUT2D eigenvalue weighted by atomic mass is 16.5. The van der Waals surface area contributed by atoms with E-state index in [4.69, 9.17) is 4.74 Å². The standard InChI is InChI=1S/C17H16O4/c1-12-6-8-14(9-7-12)17(19)21-11-13-4-3-5-15(10-13)16(18)20-2/h3-10H,11H2,1-2H3. The summed E-state index contributed by atoms with van der Waals surface area (Å²) in [5.74, 6) is -0.805. The van der Waals surface area contributed by atoms with Crippen molar-refractivity contribution < 1.29 is 19.1 Å². The number of carbonyl (C=O) groups excluding carboxylic acids is 2. The Morgan fingerprint density at radius 2 is 1.67 bits per heavy atom. The van der Waals surface area contributed by atoms with Gasteiger partial charge in [0.15, 0.2) is 0 Å². The zero-order chi connectivity index (χ0) is 15.2. The van der Waals surface area contributed by atoms with Crippen molar-refractivity contribution in [2.24, 2.45) is 0 Å². The molecule has 4 nitrogen and oxygen atoms in total. The fraction of sp³-hybridized carbons (Fsp3) is 0.176. The predicted octanol–water partition coefficient (Wildman–Crippen LogP) is 3.14. The molecule has 0 aliphatic carbocycles. The Kier molecular flexibility index (Phi) is 4.72. The molecule has 4 heteroatoms. The van der Waals surface area contributed by atoms with Gasteiger partial charge in [0.05, 0.1) is 18.2 Å². The minimum absolute atomic E-state index is 0.109. The van der Waals surface area contributed by atoms with Crippen molar-refractivity contribution in [3.8, 4) is 0 Å². The highest BCUT2D eigenvalue weighted by molar-refractivity contribution is 5.90. The third kappa shape index (κ3) is 3.92. The van der Waals surface area contributed by atoms with Crippen LogP contribution in [0.15, 0.2) is 48.5 Å². The molecule has 0 N–H and O–H groups in total. The lowest BCUT2D eigenvalue weighted by Gasteiger charge is -2.06. The Hall–Kier alpha value is -2.62. The van der Waals surface area contributed by atoms with Crippen molar-refractivity contribution in [1.29, 1.82) is 0 Å². The van der Waals surface area contributed by atoms with Crippen LogP contribution in [0, 0.1) is 6.92 Å². The molecule has 108 valence electrons. The summed E-state index contributed by atoms with van der Waals surface area (Å²) >= 11 is 0. The van der Waals surface area contributed by atoms with Crippen LogP contribution in [0.2, 0.25) is 0 Å². The second-order valence-electron chi connectivity index (χ2n) is 4.63. The second-order valence-corrected chi connectivity index (χ2v) is 4.63. The van der Waals surface area contributed by atoms with E-state index in [0.29, 0.717) is 11.1 Å². The van der Waals surface area contributed by atoms with Gasteiger partial charge in [0.25, 0.3) is 0 Å². The van der Waals surface area contributed by atoms with Crippen LogP contribution in [-0.2, 0) is 16.1 Å². The number of benzene rings is 2. The van der Waals surface area contributed by atoms with E-state index in [9.17, 15) is 9.59 Å². The van der Waals surface area contributed by atoms with Crippen LogP contribution in [0.4, 0.5) is 0 Å². The Morgan fingerprint density at radius 1 is 0.952 bits per heavy atom. The fourth-order valence-corrected chi connectivity index (χ4v) is 1.83. The van der Waals surface area contributed by atoms with E-state index in [1.54, 1.807) is 36.4 Å². The summed E-state index contributed by atoms with van der Waals surface area (Å²) in [4.78, 5) is 23.3. The fourth-order valence-electron chi connectivity index (χ4n) is 1.83. The van der Waals surface area contributed by atoms with Crippen molar-refractivity contribution in [2.75, 3.05) is 7.11 Å². The molecule has 0 saturated heterocycles. The molecule has 0 fully saturated rings. The quantitative estimate of drug-likeness (QED) is 0.809. The van der Waals surface area contributed by atoms with E-state index in [-0.39, 0.29) is 6.61 Å². The minimum atomic E-state index is -0.415. The Bertz CT molecular complexity index is 644. The van der Waals surface area contributed by atoms with Crippen molar-refractivity contribution in [3.05, 3.63) is 70.8 Å². The minimum Gasteiger partial charge on any atom is -0.465 e. The normalized spacial score (nSPS) is 10.0. The Labute approximate surface area is 123 Å². The molecule has 0 unspecified atom stereocenters. The molecule has 2 aromatic rings. The van der Waals surface area contributed by atoms with Gasteiger partial charge in [-0.3, -0.25) is 0 Å². The summed E-state index contributed by atoms with van der Waals surface area (Å²) in [5, 5.41) is 0. The highest BCUT2D eigenvalue weighted by Crippen LogP contribution is 2.10. The average Bonchev–Trinajstić information content (AvgIpc) is 2.52. The summed E-state index contributed by atoms with van der Waals surface area (Å²) in [5.41, 5.74) is 2.75. The summed E-state index contributed by atoms with van der Waals surface area (Å²) < 4.78 is 9.88. The summed E-state index contributed by atoms with van der Waals surface area (Å²) in [6.45, 7) is 2.06. The van der Waals surface area contributed by atoms with E-state index in [2.05, 4.69) is 4.74 Å². The van der Waals surface area contributed by atoms with Crippen molar-refractivity contribution in [3.63, 3.8) is 0 Å². The van der Waals surface area contributed by atoms with Crippen LogP contribution in [0.3, 0.4) is 0 Å². The summed E-state index contributed by atoms with van der Waals surface area (Å²) in [7, 11) is 1.33. The first-order valence-electron chi connectivity index (χ1n) is 6.51. The number of hydrogen-bond donors (Lipinski definition) is 0. The van der Waals surface area contributed by atoms with Crippen molar-refractivity contribution in [2.45, 2.75) is 13.5 Å². The molecule has 0 aliphatic heterocycles. The zero-order valence-electron chi connectivity index (χ0n) is 12.0. The number of hydrogen-bond acceptors (Lipinski definition) is 4. The van der Waals surface area contributed by atoms with Crippen molar-refractivity contribution >= 4 is 11.9 Å². The molecule has 0 heterocycles. The number of methoxy groups -OCH3 is 1. The van der Waals surface area contributed by atoms with Gasteiger partial charge in [-0.05, 0) is 36.8 Å². The first kappa shape index (κ1) is 14.8. The SMILES string of the molecule is COC(=O)c1cccc(COC(=O)c2ccc(C)cc2)c1. The average molecular weight is 284 g/mol. The van der Waals surface area contributed by atoms with Crippen LogP contribution in [0.1, 0.15) is 31.8 Å². The third-order valence-corrected chi connectivity index (χ3v) is 3.01. The van der Waals surface area contributed by atoms with Crippen molar-refractivity contribution in [1.82, 2.24) is 0 Å². The third-order valence-electron chi connectivity index (χ3n) is 3.01. The van der Waals surface area contributed by atoms with Crippen LogP contribution in [-0.4, -0.2) is 19.0 Å². The van der Waals surface area contributed by atoms with Crippen LogP contribution < -0.4 is 0 Å². The van der Waals surface area contributed by atoms with E-state index in [1.165, 1.54) is 7.11 Å². The number of esters is 2. The van der Waals surface area contributed by atoms with E-state index in [1.807, 2.05) is 19.1 Å².